The number of esters is 1. The SMILES string of the molecule is CCOC(=O)CC(=O)N1C[C@H]2C[C@@]34CCC1C2[C@@]31CCN(CC2CC2)[C@@H]4Cc2ccc(OC)cc21. The molecule has 1 aromatic carbocycles. The van der Waals surface area contributed by atoms with Crippen molar-refractivity contribution in [3.8, 4) is 5.75 Å². The van der Waals surface area contributed by atoms with E-state index in [2.05, 4.69) is 28.0 Å². The minimum absolute atomic E-state index is 0.0313. The summed E-state index contributed by atoms with van der Waals surface area (Å²) < 4.78 is 10.8. The second-order valence-corrected chi connectivity index (χ2v) is 12.2. The number of amides is 1. The van der Waals surface area contributed by atoms with Crippen LogP contribution in [-0.4, -0.2) is 67.1 Å². The molecule has 0 aromatic heterocycles. The minimum atomic E-state index is -0.390. The summed E-state index contributed by atoms with van der Waals surface area (Å²) in [6.07, 6.45) is 8.52. The summed E-state index contributed by atoms with van der Waals surface area (Å²) in [5, 5.41) is 0. The predicted molar refractivity (Wildman–Crippen MR) is 131 cm³/mol. The van der Waals surface area contributed by atoms with Crippen molar-refractivity contribution >= 4 is 11.9 Å². The largest absolute Gasteiger partial charge is 0.497 e. The van der Waals surface area contributed by atoms with E-state index in [4.69, 9.17) is 9.47 Å². The molecule has 4 aliphatic carbocycles. The Morgan fingerprint density at radius 3 is 2.80 bits per heavy atom. The minimum Gasteiger partial charge on any atom is -0.497 e. The third kappa shape index (κ3) is 2.92. The Balaban J connectivity index is 1.30. The number of ether oxygens (including phenoxy) is 2. The number of nitrogens with zero attached hydrogens (tertiary/aromatic N) is 2. The Morgan fingerprint density at radius 2 is 2.03 bits per heavy atom. The second-order valence-electron chi connectivity index (χ2n) is 12.2. The highest BCUT2D eigenvalue weighted by Gasteiger charge is 2.76. The molecular formula is C29H38N2O4. The third-order valence-electron chi connectivity index (χ3n) is 10.9. The fraction of sp³-hybridized carbons (Fsp3) is 0.724. The first-order valence-corrected chi connectivity index (χ1v) is 13.9. The molecule has 2 aliphatic heterocycles. The lowest BCUT2D eigenvalue weighted by Crippen LogP contribution is -2.70. The predicted octanol–water partition coefficient (Wildman–Crippen LogP) is 3.55. The second kappa shape index (κ2) is 7.71. The standard InChI is InChI=1S/C29H38N2O4/c1-3-35-26(33)14-25(32)31-17-20-15-28-9-8-23(31)27(20)29(28)10-11-30(16-18-4-5-18)24(28)12-19-6-7-21(34-2)13-22(19)29/h6-7,13,18,20,23-24,27H,3-5,8-12,14-17H2,1-2H3/t20-,23?,24-,27?,28-,29+/m1/s1. The Bertz CT molecular complexity index is 1070. The van der Waals surface area contributed by atoms with Crippen molar-refractivity contribution in [2.45, 2.75) is 75.8 Å². The van der Waals surface area contributed by atoms with Crippen molar-refractivity contribution in [1.29, 1.82) is 0 Å². The lowest BCUT2D eigenvalue weighted by atomic mass is 9.43. The summed E-state index contributed by atoms with van der Waals surface area (Å²) in [6, 6.07) is 7.68. The maximum atomic E-state index is 13.3. The van der Waals surface area contributed by atoms with Gasteiger partial charge in [-0.05, 0) is 105 Å². The van der Waals surface area contributed by atoms with Crippen LogP contribution in [0.4, 0.5) is 0 Å². The Hall–Kier alpha value is -2.08. The molecule has 2 saturated heterocycles. The first-order valence-electron chi connectivity index (χ1n) is 13.9. The van der Waals surface area contributed by atoms with Crippen molar-refractivity contribution in [3.63, 3.8) is 0 Å². The van der Waals surface area contributed by atoms with E-state index in [1.165, 1.54) is 56.3 Å². The topological polar surface area (TPSA) is 59.1 Å². The van der Waals surface area contributed by atoms with E-state index in [1.807, 2.05) is 0 Å². The molecule has 7 rings (SSSR count). The number of fused-ring (bicyclic) bond motifs is 1. The van der Waals surface area contributed by atoms with E-state index in [0.717, 1.165) is 31.1 Å². The molecule has 2 heterocycles. The molecule has 5 fully saturated rings. The summed E-state index contributed by atoms with van der Waals surface area (Å²) >= 11 is 0. The molecule has 0 radical (unpaired) electrons. The number of likely N-dealkylation sites (tertiary alicyclic amines) is 2. The van der Waals surface area contributed by atoms with Gasteiger partial charge in [-0.2, -0.15) is 0 Å². The molecule has 35 heavy (non-hydrogen) atoms. The van der Waals surface area contributed by atoms with E-state index in [9.17, 15) is 9.59 Å². The Kier molecular flexibility index (Phi) is 4.88. The molecule has 6 nitrogen and oxygen atoms in total. The van der Waals surface area contributed by atoms with Crippen LogP contribution in [0.3, 0.4) is 0 Å². The first-order chi connectivity index (χ1) is 17.0. The van der Waals surface area contributed by atoms with Gasteiger partial charge in [0, 0.05) is 30.6 Å². The fourth-order valence-corrected chi connectivity index (χ4v) is 9.79. The molecule has 1 amide bonds. The van der Waals surface area contributed by atoms with Crippen LogP contribution in [0.2, 0.25) is 0 Å². The number of rotatable bonds is 6. The van der Waals surface area contributed by atoms with Gasteiger partial charge in [-0.25, -0.2) is 0 Å². The number of benzene rings is 1. The van der Waals surface area contributed by atoms with E-state index >= 15 is 0 Å². The van der Waals surface area contributed by atoms with Crippen molar-refractivity contribution in [3.05, 3.63) is 29.3 Å². The molecule has 6 heteroatoms. The molecule has 6 aliphatic rings. The summed E-state index contributed by atoms with van der Waals surface area (Å²) in [7, 11) is 1.77. The monoisotopic (exact) mass is 478 g/mol. The molecule has 2 unspecified atom stereocenters. The van der Waals surface area contributed by atoms with Crippen molar-refractivity contribution in [2.24, 2.45) is 23.2 Å². The maximum Gasteiger partial charge on any atom is 0.315 e. The normalized spacial score (nSPS) is 38.6. The third-order valence-corrected chi connectivity index (χ3v) is 10.9. The van der Waals surface area contributed by atoms with E-state index in [0.29, 0.717) is 29.9 Å². The molecule has 0 N–H and O–H groups in total. The summed E-state index contributed by atoms with van der Waals surface area (Å²) in [6.45, 7) is 5.38. The number of hydrogen-bond donors (Lipinski definition) is 0. The van der Waals surface area contributed by atoms with Gasteiger partial charge in [0.05, 0.1) is 13.7 Å². The quantitative estimate of drug-likeness (QED) is 0.462. The zero-order chi connectivity index (χ0) is 23.9. The number of methoxy groups -OCH3 is 1. The number of carbonyl (C=O) groups excluding carboxylic acids is 2. The van der Waals surface area contributed by atoms with Gasteiger partial charge in [0.25, 0.3) is 0 Å². The zero-order valence-electron chi connectivity index (χ0n) is 21.1. The number of hydrogen-bond acceptors (Lipinski definition) is 5. The van der Waals surface area contributed by atoms with Crippen molar-refractivity contribution in [1.82, 2.24) is 9.80 Å². The zero-order valence-corrected chi connectivity index (χ0v) is 21.1. The lowest BCUT2D eigenvalue weighted by molar-refractivity contribution is -0.151. The van der Waals surface area contributed by atoms with E-state index in [1.54, 1.807) is 14.0 Å². The molecule has 188 valence electrons. The van der Waals surface area contributed by atoms with Crippen LogP contribution in [0.15, 0.2) is 18.2 Å². The average Bonchev–Trinajstić information content (AvgIpc) is 3.53. The van der Waals surface area contributed by atoms with Crippen molar-refractivity contribution in [2.75, 3.05) is 33.4 Å². The lowest BCUT2D eigenvalue weighted by Gasteiger charge is -2.66. The highest BCUT2D eigenvalue weighted by atomic mass is 16.5. The van der Waals surface area contributed by atoms with E-state index < -0.39 is 0 Å². The van der Waals surface area contributed by atoms with Crippen LogP contribution >= 0.6 is 0 Å². The molecular weight excluding hydrogens is 440 g/mol. The maximum absolute atomic E-state index is 13.3. The molecule has 6 atom stereocenters. The fourth-order valence-electron chi connectivity index (χ4n) is 9.79. The number of piperidine rings is 1. The first kappa shape index (κ1) is 22.1. The van der Waals surface area contributed by atoms with E-state index in [-0.39, 0.29) is 29.8 Å². The van der Waals surface area contributed by atoms with Gasteiger partial charge >= 0.3 is 5.97 Å². The Labute approximate surface area is 208 Å². The van der Waals surface area contributed by atoms with Crippen molar-refractivity contribution < 1.29 is 19.1 Å². The van der Waals surface area contributed by atoms with Crippen LogP contribution < -0.4 is 4.74 Å². The summed E-state index contributed by atoms with van der Waals surface area (Å²) in [5.41, 5.74) is 3.45. The summed E-state index contributed by atoms with van der Waals surface area (Å²) in [5.74, 6) is 2.45. The van der Waals surface area contributed by atoms with Gasteiger partial charge in [0.1, 0.15) is 12.2 Å². The summed E-state index contributed by atoms with van der Waals surface area (Å²) in [4.78, 5) is 30.4. The van der Waals surface area contributed by atoms with Gasteiger partial charge in [-0.3, -0.25) is 14.5 Å². The molecule has 4 bridgehead atoms. The smallest absolute Gasteiger partial charge is 0.315 e. The van der Waals surface area contributed by atoms with Crippen LogP contribution in [0, 0.1) is 23.2 Å². The average molecular weight is 479 g/mol. The molecule has 1 aromatic rings. The van der Waals surface area contributed by atoms with Crippen LogP contribution in [0.25, 0.3) is 0 Å². The van der Waals surface area contributed by atoms with Gasteiger partial charge < -0.3 is 14.4 Å². The van der Waals surface area contributed by atoms with Crippen LogP contribution in [0.1, 0.15) is 63.0 Å². The van der Waals surface area contributed by atoms with Crippen LogP contribution in [-0.2, 0) is 26.2 Å². The van der Waals surface area contributed by atoms with Gasteiger partial charge in [0.2, 0.25) is 5.91 Å². The molecule has 3 saturated carbocycles. The highest BCUT2D eigenvalue weighted by Crippen LogP contribution is 2.75. The Morgan fingerprint density at radius 1 is 1.17 bits per heavy atom. The van der Waals surface area contributed by atoms with Crippen LogP contribution in [0.5, 0.6) is 5.75 Å². The van der Waals surface area contributed by atoms with Gasteiger partial charge in [0.15, 0.2) is 0 Å². The molecule has 0 spiro atoms. The number of carbonyl (C=O) groups is 2. The highest BCUT2D eigenvalue weighted by molar-refractivity contribution is 5.94. The van der Waals surface area contributed by atoms with Gasteiger partial charge in [-0.15, -0.1) is 0 Å². The van der Waals surface area contributed by atoms with Gasteiger partial charge in [-0.1, -0.05) is 6.07 Å².